The molecular formula is C14H24N2O2. The van der Waals surface area contributed by atoms with Crippen LogP contribution in [0.25, 0.3) is 0 Å². The molecule has 1 aliphatic carbocycles. The van der Waals surface area contributed by atoms with Crippen LogP contribution >= 0.6 is 0 Å². The van der Waals surface area contributed by atoms with Gasteiger partial charge in [0.2, 0.25) is 11.8 Å². The Kier molecular flexibility index (Phi) is 3.93. The van der Waals surface area contributed by atoms with Crippen LogP contribution in [0.4, 0.5) is 0 Å². The molecule has 2 rings (SSSR count). The van der Waals surface area contributed by atoms with Crippen molar-refractivity contribution in [2.24, 2.45) is 5.92 Å². The molecule has 2 amide bonds. The van der Waals surface area contributed by atoms with E-state index in [0.717, 1.165) is 32.1 Å². The number of hydrogen-bond donors (Lipinski definition) is 1. The first-order valence-electron chi connectivity index (χ1n) is 7.14. The standard InChI is InChI=1S/C14H24N2O2/c1-11(2)6-9-16-10-12(17)15-14(13(16)18)7-4-3-5-8-14/h11H,3-10H2,1-2H3,(H,15,17). The molecule has 2 fully saturated rings. The van der Waals surface area contributed by atoms with Crippen LogP contribution in [-0.4, -0.2) is 35.3 Å². The van der Waals surface area contributed by atoms with E-state index in [1.54, 1.807) is 4.90 Å². The van der Waals surface area contributed by atoms with Gasteiger partial charge in [-0.2, -0.15) is 0 Å². The van der Waals surface area contributed by atoms with Crippen molar-refractivity contribution in [2.75, 3.05) is 13.1 Å². The van der Waals surface area contributed by atoms with Gasteiger partial charge in [-0.1, -0.05) is 33.1 Å². The predicted octanol–water partition coefficient (Wildman–Crippen LogP) is 1.69. The van der Waals surface area contributed by atoms with Crippen LogP contribution in [0.2, 0.25) is 0 Å². The maximum atomic E-state index is 12.6. The Morgan fingerprint density at radius 3 is 2.50 bits per heavy atom. The van der Waals surface area contributed by atoms with Gasteiger partial charge in [0.25, 0.3) is 0 Å². The Balaban J connectivity index is 2.07. The zero-order valence-electron chi connectivity index (χ0n) is 11.5. The monoisotopic (exact) mass is 252 g/mol. The minimum absolute atomic E-state index is 0.0141. The normalized spacial score (nSPS) is 23.6. The van der Waals surface area contributed by atoms with E-state index < -0.39 is 5.54 Å². The fraction of sp³-hybridized carbons (Fsp3) is 0.857. The summed E-state index contributed by atoms with van der Waals surface area (Å²) in [4.78, 5) is 26.2. The Hall–Kier alpha value is -1.06. The first-order chi connectivity index (χ1) is 8.53. The van der Waals surface area contributed by atoms with Gasteiger partial charge in [-0.3, -0.25) is 9.59 Å². The van der Waals surface area contributed by atoms with E-state index in [-0.39, 0.29) is 18.4 Å². The molecule has 0 aromatic rings. The van der Waals surface area contributed by atoms with E-state index in [9.17, 15) is 9.59 Å². The number of nitrogens with one attached hydrogen (secondary N) is 1. The molecule has 1 N–H and O–H groups in total. The molecule has 0 bridgehead atoms. The van der Waals surface area contributed by atoms with Crippen molar-refractivity contribution >= 4 is 11.8 Å². The molecule has 102 valence electrons. The summed E-state index contributed by atoms with van der Waals surface area (Å²) in [7, 11) is 0. The van der Waals surface area contributed by atoms with E-state index in [1.807, 2.05) is 0 Å². The molecular weight excluding hydrogens is 228 g/mol. The van der Waals surface area contributed by atoms with Crippen LogP contribution in [0.5, 0.6) is 0 Å². The average Bonchev–Trinajstić information content (AvgIpc) is 2.33. The van der Waals surface area contributed by atoms with Crippen LogP contribution in [0.1, 0.15) is 52.4 Å². The SMILES string of the molecule is CC(C)CCN1CC(=O)NC2(CCCCC2)C1=O. The quantitative estimate of drug-likeness (QED) is 0.831. The molecule has 1 heterocycles. The van der Waals surface area contributed by atoms with Crippen molar-refractivity contribution in [3.63, 3.8) is 0 Å². The third kappa shape index (κ3) is 2.68. The number of rotatable bonds is 3. The molecule has 1 saturated carbocycles. The van der Waals surface area contributed by atoms with Crippen molar-refractivity contribution in [3.05, 3.63) is 0 Å². The van der Waals surface area contributed by atoms with E-state index in [4.69, 9.17) is 0 Å². The summed E-state index contributed by atoms with van der Waals surface area (Å²) < 4.78 is 0. The first-order valence-corrected chi connectivity index (χ1v) is 7.14. The van der Waals surface area contributed by atoms with E-state index in [0.29, 0.717) is 12.5 Å². The lowest BCUT2D eigenvalue weighted by Crippen LogP contribution is -2.67. The number of amides is 2. The number of carbonyl (C=O) groups excluding carboxylic acids is 2. The summed E-state index contributed by atoms with van der Waals surface area (Å²) in [6.45, 7) is 5.24. The van der Waals surface area contributed by atoms with Crippen LogP contribution in [0.15, 0.2) is 0 Å². The molecule has 0 aromatic carbocycles. The molecule has 1 saturated heterocycles. The zero-order valence-corrected chi connectivity index (χ0v) is 11.5. The molecule has 1 spiro atoms. The topological polar surface area (TPSA) is 49.4 Å². The lowest BCUT2D eigenvalue weighted by molar-refractivity contribution is -0.151. The highest BCUT2D eigenvalue weighted by molar-refractivity contribution is 5.98. The lowest BCUT2D eigenvalue weighted by Gasteiger charge is -2.44. The average molecular weight is 252 g/mol. The fourth-order valence-corrected chi connectivity index (χ4v) is 3.00. The maximum absolute atomic E-state index is 12.6. The summed E-state index contributed by atoms with van der Waals surface area (Å²) in [6.07, 6.45) is 5.87. The van der Waals surface area contributed by atoms with Gasteiger partial charge in [0.15, 0.2) is 0 Å². The summed E-state index contributed by atoms with van der Waals surface area (Å²) in [6, 6.07) is 0. The van der Waals surface area contributed by atoms with Crippen LogP contribution in [0, 0.1) is 5.92 Å². The van der Waals surface area contributed by atoms with Gasteiger partial charge in [-0.15, -0.1) is 0 Å². The van der Waals surface area contributed by atoms with Gasteiger partial charge in [0.1, 0.15) is 5.54 Å². The first kappa shape index (κ1) is 13.4. The molecule has 4 heteroatoms. The lowest BCUT2D eigenvalue weighted by atomic mass is 9.79. The summed E-state index contributed by atoms with van der Waals surface area (Å²) in [5, 5.41) is 2.97. The van der Waals surface area contributed by atoms with E-state index >= 15 is 0 Å². The van der Waals surface area contributed by atoms with E-state index in [2.05, 4.69) is 19.2 Å². The van der Waals surface area contributed by atoms with Gasteiger partial charge in [0.05, 0.1) is 6.54 Å². The summed E-state index contributed by atoms with van der Waals surface area (Å²) >= 11 is 0. The van der Waals surface area contributed by atoms with Crippen LogP contribution in [-0.2, 0) is 9.59 Å². The van der Waals surface area contributed by atoms with Gasteiger partial charge < -0.3 is 10.2 Å². The Bertz CT molecular complexity index is 333. The number of hydrogen-bond acceptors (Lipinski definition) is 2. The summed E-state index contributed by atoms with van der Waals surface area (Å²) in [5.74, 6) is 0.729. The van der Waals surface area contributed by atoms with Crippen molar-refractivity contribution in [3.8, 4) is 0 Å². The number of nitrogens with zero attached hydrogens (tertiary/aromatic N) is 1. The largest absolute Gasteiger partial charge is 0.340 e. The van der Waals surface area contributed by atoms with Gasteiger partial charge in [0, 0.05) is 6.54 Å². The second-order valence-electron chi connectivity index (χ2n) is 6.10. The Morgan fingerprint density at radius 2 is 1.89 bits per heavy atom. The highest BCUT2D eigenvalue weighted by Crippen LogP contribution is 2.32. The molecule has 0 radical (unpaired) electrons. The highest BCUT2D eigenvalue weighted by atomic mass is 16.2. The van der Waals surface area contributed by atoms with Crippen LogP contribution < -0.4 is 5.32 Å². The van der Waals surface area contributed by atoms with Crippen molar-refractivity contribution in [1.82, 2.24) is 10.2 Å². The molecule has 18 heavy (non-hydrogen) atoms. The summed E-state index contributed by atoms with van der Waals surface area (Å²) in [5.41, 5.74) is -0.565. The molecule has 0 aromatic heterocycles. The van der Waals surface area contributed by atoms with Crippen molar-refractivity contribution in [1.29, 1.82) is 0 Å². The van der Waals surface area contributed by atoms with E-state index in [1.165, 1.54) is 6.42 Å². The van der Waals surface area contributed by atoms with Crippen molar-refractivity contribution in [2.45, 2.75) is 57.9 Å². The van der Waals surface area contributed by atoms with Crippen LogP contribution in [0.3, 0.4) is 0 Å². The molecule has 4 nitrogen and oxygen atoms in total. The van der Waals surface area contributed by atoms with Gasteiger partial charge >= 0.3 is 0 Å². The predicted molar refractivity (Wildman–Crippen MR) is 70.0 cm³/mol. The molecule has 0 unspecified atom stereocenters. The highest BCUT2D eigenvalue weighted by Gasteiger charge is 2.46. The minimum atomic E-state index is -0.565. The zero-order chi connectivity index (χ0) is 13.2. The Labute approximate surface area is 109 Å². The van der Waals surface area contributed by atoms with Gasteiger partial charge in [-0.05, 0) is 25.2 Å². The fourth-order valence-electron chi connectivity index (χ4n) is 3.00. The van der Waals surface area contributed by atoms with Gasteiger partial charge in [-0.25, -0.2) is 0 Å². The number of carbonyl (C=O) groups is 2. The molecule has 0 atom stereocenters. The Morgan fingerprint density at radius 1 is 1.22 bits per heavy atom. The molecule has 2 aliphatic rings. The third-order valence-corrected chi connectivity index (χ3v) is 4.09. The number of piperazine rings is 1. The second-order valence-corrected chi connectivity index (χ2v) is 6.10. The maximum Gasteiger partial charge on any atom is 0.248 e. The minimum Gasteiger partial charge on any atom is -0.340 e. The smallest absolute Gasteiger partial charge is 0.248 e. The second kappa shape index (κ2) is 5.29. The van der Waals surface area contributed by atoms with Crippen molar-refractivity contribution < 1.29 is 9.59 Å². The molecule has 1 aliphatic heterocycles. The third-order valence-electron chi connectivity index (χ3n) is 4.09.